The number of hydrogen-bond donors (Lipinski definition) is 0. The Morgan fingerprint density at radius 3 is 0.920 bits per heavy atom. The summed E-state index contributed by atoms with van der Waals surface area (Å²) in [6, 6.07) is 0. The zero-order valence-electron chi connectivity index (χ0n) is 52.0. The fourth-order valence-corrected chi connectivity index (χ4v) is 9.58. The molecule has 16 nitrogen and oxygen atoms in total. The summed E-state index contributed by atoms with van der Waals surface area (Å²) in [7, 11) is 0. The van der Waals surface area contributed by atoms with Gasteiger partial charge in [-0.05, 0) is 183 Å². The largest absolute Gasteiger partial charge is 0.465 e. The van der Waals surface area contributed by atoms with Crippen molar-refractivity contribution in [2.75, 3.05) is 26.4 Å². The zero-order chi connectivity index (χ0) is 59.8. The molecule has 0 aromatic heterocycles. The van der Waals surface area contributed by atoms with Gasteiger partial charge in [-0.2, -0.15) is 0 Å². The Labute approximate surface area is 536 Å². The highest BCUT2D eigenvalue weighted by atomic mass is 16.6. The van der Waals surface area contributed by atoms with E-state index in [0.29, 0.717) is 12.8 Å². The third-order valence-electron chi connectivity index (χ3n) is 16.9. The molecule has 2 unspecified atom stereocenters. The normalized spacial score (nSPS) is 17.1. The molecule has 0 heterocycles. The van der Waals surface area contributed by atoms with E-state index >= 15 is 0 Å². The molecule has 0 radical (unpaired) electrons. The van der Waals surface area contributed by atoms with E-state index < -0.39 is 16.8 Å². The van der Waals surface area contributed by atoms with E-state index in [2.05, 4.69) is 6.92 Å². The van der Waals surface area contributed by atoms with Crippen LogP contribution in [0.3, 0.4) is 0 Å². The summed E-state index contributed by atoms with van der Waals surface area (Å²) in [4.78, 5) is 93.8. The molecule has 4 saturated carbocycles. The molecule has 0 spiro atoms. The van der Waals surface area contributed by atoms with Crippen molar-refractivity contribution in [3.8, 4) is 0 Å². The van der Waals surface area contributed by atoms with Crippen LogP contribution in [0, 0.1) is 22.7 Å². The Hall–Kier alpha value is -4.24. The molecule has 16 heteroatoms. The lowest BCUT2D eigenvalue weighted by Gasteiger charge is -2.36. The highest BCUT2D eigenvalue weighted by Crippen LogP contribution is 2.37. The Morgan fingerprint density at radius 2 is 0.632 bits per heavy atom. The molecule has 0 saturated heterocycles. The molecule has 0 aliphatic heterocycles. The fourth-order valence-electron chi connectivity index (χ4n) is 9.58. The summed E-state index contributed by atoms with van der Waals surface area (Å²) >= 11 is 0. The van der Waals surface area contributed by atoms with Crippen molar-refractivity contribution >= 4 is 47.8 Å². The van der Waals surface area contributed by atoms with Crippen LogP contribution in [0.1, 0.15) is 343 Å². The average molecular weight is 1250 g/mol. The molecule has 522 valence electrons. The monoisotopic (exact) mass is 1250 g/mol. The number of ether oxygens (including phenoxy) is 8. The third-order valence-corrected chi connectivity index (χ3v) is 16.9. The standard InChI is InChI=1S/C17H30O4.C16H28O4.2C15H26O4.8CH4/c1-5-16(3,4)15(19)20-13-10-14(18)21-17(6-2)11-8-7-9-12-17;1-5-15(2,3)14(18)19-12-9-13(17)20-16(4)10-7-6-8-11-16;1-4-12(2)14(17)18-11-8-13(16)19-15(3)9-6-5-7-10-15;1-4-12(3)14(17)18-11-13(16)19-15(5-2)9-7-6-8-10-15;;;;;;;;/h5-13H2,1-4H3;5-12H2,1-4H3;2*12H,4-11H2,1-3H3;8*1H4. The van der Waals surface area contributed by atoms with Crippen LogP contribution in [-0.4, -0.2) is 96.6 Å². The Morgan fingerprint density at radius 1 is 0.368 bits per heavy atom. The molecule has 0 bridgehead atoms. The van der Waals surface area contributed by atoms with Gasteiger partial charge in [0.05, 0.1) is 41.9 Å². The lowest BCUT2D eigenvalue weighted by atomic mass is 9.83. The molecular formula is C71H142O16. The lowest BCUT2D eigenvalue weighted by Crippen LogP contribution is -2.38. The first-order chi connectivity index (χ1) is 37.1. The summed E-state index contributed by atoms with van der Waals surface area (Å²) in [6.07, 6.45) is 26.3. The van der Waals surface area contributed by atoms with Crippen LogP contribution in [0.15, 0.2) is 0 Å². The zero-order valence-corrected chi connectivity index (χ0v) is 52.0. The maximum atomic E-state index is 12.0. The second kappa shape index (κ2) is 50.5. The highest BCUT2D eigenvalue weighted by Gasteiger charge is 2.37. The van der Waals surface area contributed by atoms with E-state index in [9.17, 15) is 38.4 Å². The van der Waals surface area contributed by atoms with Crippen molar-refractivity contribution in [3.05, 3.63) is 0 Å². The van der Waals surface area contributed by atoms with E-state index in [1.807, 2.05) is 83.1 Å². The molecule has 0 aromatic carbocycles. The van der Waals surface area contributed by atoms with Crippen molar-refractivity contribution in [1.82, 2.24) is 0 Å². The highest BCUT2D eigenvalue weighted by molar-refractivity contribution is 5.78. The van der Waals surface area contributed by atoms with Gasteiger partial charge in [-0.3, -0.25) is 33.6 Å². The molecule has 4 rings (SSSR count). The summed E-state index contributed by atoms with van der Waals surface area (Å²) in [5, 5.41) is 0. The van der Waals surface area contributed by atoms with Crippen LogP contribution in [0.25, 0.3) is 0 Å². The van der Waals surface area contributed by atoms with Gasteiger partial charge in [-0.25, -0.2) is 4.79 Å². The summed E-state index contributed by atoms with van der Waals surface area (Å²) in [5.41, 5.74) is -2.20. The third kappa shape index (κ3) is 39.5. The maximum absolute atomic E-state index is 12.0. The number of carbonyl (C=O) groups excluding carboxylic acids is 8. The number of hydrogen-bond acceptors (Lipinski definition) is 16. The molecular weight excluding hydrogens is 1110 g/mol. The van der Waals surface area contributed by atoms with Crippen LogP contribution < -0.4 is 0 Å². The number of carbonyl (C=O) groups is 8. The lowest BCUT2D eigenvalue weighted by molar-refractivity contribution is -0.174. The van der Waals surface area contributed by atoms with Crippen molar-refractivity contribution < 1.29 is 76.3 Å². The van der Waals surface area contributed by atoms with Gasteiger partial charge in [0.25, 0.3) is 0 Å². The van der Waals surface area contributed by atoms with Gasteiger partial charge < -0.3 is 37.9 Å². The average Bonchev–Trinajstić information content (AvgIpc) is 3.51. The van der Waals surface area contributed by atoms with Crippen LogP contribution in [0.2, 0.25) is 0 Å². The van der Waals surface area contributed by atoms with E-state index in [1.165, 1.54) is 25.7 Å². The molecule has 4 aliphatic rings. The molecule has 87 heavy (non-hydrogen) atoms. The van der Waals surface area contributed by atoms with Crippen LogP contribution in [0.5, 0.6) is 0 Å². The maximum Gasteiger partial charge on any atom is 0.344 e. The van der Waals surface area contributed by atoms with E-state index in [-0.39, 0.29) is 181 Å². The minimum absolute atomic E-state index is 0. The smallest absolute Gasteiger partial charge is 0.344 e. The van der Waals surface area contributed by atoms with Gasteiger partial charge in [0.1, 0.15) is 42.2 Å². The van der Waals surface area contributed by atoms with Gasteiger partial charge in [0.15, 0.2) is 6.61 Å². The van der Waals surface area contributed by atoms with Crippen LogP contribution >= 0.6 is 0 Å². The van der Waals surface area contributed by atoms with E-state index in [4.69, 9.17) is 37.9 Å². The summed E-state index contributed by atoms with van der Waals surface area (Å²) < 4.78 is 42.7. The number of esters is 8. The predicted molar refractivity (Wildman–Crippen MR) is 358 cm³/mol. The second-order valence-corrected chi connectivity index (χ2v) is 24.5. The second-order valence-electron chi connectivity index (χ2n) is 24.5. The Balaban J connectivity index is -0.000000155. The first-order valence-electron chi connectivity index (χ1n) is 30.7. The molecule has 0 N–H and O–H groups in total. The fraction of sp³-hybridized carbons (Fsp3) is 0.887. The Kier molecular flexibility index (Phi) is 57.5. The summed E-state index contributed by atoms with van der Waals surface area (Å²) in [5.74, 6) is -2.53. The van der Waals surface area contributed by atoms with Crippen LogP contribution in [0.4, 0.5) is 0 Å². The Bertz CT molecular complexity index is 1830. The topological polar surface area (TPSA) is 210 Å². The minimum Gasteiger partial charge on any atom is -0.465 e. The van der Waals surface area contributed by atoms with Crippen molar-refractivity contribution in [3.63, 3.8) is 0 Å². The van der Waals surface area contributed by atoms with Crippen LogP contribution in [-0.2, 0) is 76.3 Å². The van der Waals surface area contributed by atoms with Crippen molar-refractivity contribution in [2.45, 2.75) is 365 Å². The van der Waals surface area contributed by atoms with Gasteiger partial charge in [0, 0.05) is 0 Å². The summed E-state index contributed by atoms with van der Waals surface area (Å²) in [6.45, 7) is 26.9. The van der Waals surface area contributed by atoms with E-state index in [1.54, 1.807) is 6.92 Å². The van der Waals surface area contributed by atoms with Gasteiger partial charge in [-0.15, -0.1) is 0 Å². The predicted octanol–water partition coefficient (Wildman–Crippen LogP) is 19.2. The van der Waals surface area contributed by atoms with Gasteiger partial charge >= 0.3 is 47.8 Å². The van der Waals surface area contributed by atoms with E-state index in [0.717, 1.165) is 128 Å². The van der Waals surface area contributed by atoms with Gasteiger partial charge in [-0.1, -0.05) is 140 Å². The molecule has 4 aliphatic carbocycles. The molecule has 4 fully saturated rings. The first-order valence-corrected chi connectivity index (χ1v) is 30.7. The number of rotatable bonds is 25. The first kappa shape index (κ1) is 99.0. The molecule has 2 atom stereocenters. The minimum atomic E-state index is -0.488. The molecule has 0 amide bonds. The van der Waals surface area contributed by atoms with Crippen molar-refractivity contribution in [2.24, 2.45) is 22.7 Å². The van der Waals surface area contributed by atoms with Crippen molar-refractivity contribution in [1.29, 1.82) is 0 Å². The SMILES string of the molecule is C.C.C.C.C.C.C.C.CCC(C)(C)C(=O)OCCC(=O)OC1(C)CCCCC1.CCC(C)C(=O)OCC(=O)OC1(CC)CCCCC1.CCC(C)C(=O)OCCC(=O)OC1(C)CCCCC1.CCC1(OC(=O)CCOC(=O)C(C)(C)CC)CCCCC1. The van der Waals surface area contributed by atoms with Gasteiger partial charge in [0.2, 0.25) is 0 Å². The molecule has 0 aromatic rings. The quantitative estimate of drug-likeness (QED) is 0.0614.